The molecule has 1 unspecified atom stereocenters. The molecule has 0 bridgehead atoms. The topological polar surface area (TPSA) is 65.6 Å². The molecule has 2 aliphatic heterocycles. The van der Waals surface area contributed by atoms with E-state index >= 15 is 0 Å². The number of hydrogen-bond acceptors (Lipinski definition) is 3. The standard InChI is InChI=1S/C30H29N3O3/c1-18(2)19-13-15-20(16-14-19)33-28(34)30(3)27-26(22-10-5-7-11-24(22)31-27)23(17-32(30)29(33)35)21-9-6-8-12-25(21)36-4/h5-16,18,23,31H,17H2,1-4H3/t23?,30-/m0/s1. The lowest BCUT2D eigenvalue weighted by Crippen LogP contribution is -2.50. The van der Waals surface area contributed by atoms with Gasteiger partial charge in [-0.2, -0.15) is 0 Å². The van der Waals surface area contributed by atoms with E-state index in [0.29, 0.717) is 18.2 Å². The van der Waals surface area contributed by atoms with Gasteiger partial charge in [0.1, 0.15) is 5.75 Å². The molecule has 1 aromatic heterocycles. The first kappa shape index (κ1) is 22.4. The maximum atomic E-state index is 14.1. The Labute approximate surface area is 210 Å². The molecule has 1 fully saturated rings. The van der Waals surface area contributed by atoms with Gasteiger partial charge in [0.25, 0.3) is 5.91 Å². The molecule has 0 spiro atoms. The van der Waals surface area contributed by atoms with Gasteiger partial charge in [0.2, 0.25) is 0 Å². The molecule has 0 saturated carbocycles. The predicted octanol–water partition coefficient (Wildman–Crippen LogP) is 6.13. The van der Waals surface area contributed by atoms with Crippen molar-refractivity contribution in [3.05, 3.63) is 95.2 Å². The number of H-pyrrole nitrogens is 1. The number of benzene rings is 3. The summed E-state index contributed by atoms with van der Waals surface area (Å²) in [6.45, 7) is 6.48. The van der Waals surface area contributed by atoms with Gasteiger partial charge in [-0.15, -0.1) is 0 Å². The van der Waals surface area contributed by atoms with Crippen LogP contribution in [0.4, 0.5) is 10.5 Å². The zero-order valence-corrected chi connectivity index (χ0v) is 20.9. The Kier molecular flexibility index (Phi) is 4.97. The average Bonchev–Trinajstić information content (AvgIpc) is 3.38. The Morgan fingerprint density at radius 1 is 0.972 bits per heavy atom. The summed E-state index contributed by atoms with van der Waals surface area (Å²) in [5.74, 6) is 0.737. The van der Waals surface area contributed by atoms with Crippen molar-refractivity contribution in [2.24, 2.45) is 0 Å². The van der Waals surface area contributed by atoms with Crippen LogP contribution in [0.5, 0.6) is 5.75 Å². The number of para-hydroxylation sites is 2. The van der Waals surface area contributed by atoms with Crippen molar-refractivity contribution in [3.63, 3.8) is 0 Å². The van der Waals surface area contributed by atoms with Crippen molar-refractivity contribution in [1.82, 2.24) is 9.88 Å². The molecule has 6 rings (SSSR count). The second-order valence-corrected chi connectivity index (χ2v) is 10.1. The third kappa shape index (κ3) is 2.97. The summed E-state index contributed by atoms with van der Waals surface area (Å²) in [5.41, 5.74) is 4.38. The Morgan fingerprint density at radius 3 is 2.39 bits per heavy atom. The molecule has 3 heterocycles. The SMILES string of the molecule is COc1ccccc1C1CN2C(=O)N(c3ccc(C(C)C)cc3)C(=O)[C@]2(C)c2[nH]c3ccccc3c21. The molecule has 2 atom stereocenters. The van der Waals surface area contributed by atoms with Crippen LogP contribution in [0, 0.1) is 0 Å². The van der Waals surface area contributed by atoms with E-state index in [1.165, 1.54) is 4.90 Å². The number of aromatic nitrogens is 1. The summed E-state index contributed by atoms with van der Waals surface area (Å²) in [5, 5.41) is 1.06. The number of rotatable bonds is 4. The van der Waals surface area contributed by atoms with Crippen LogP contribution < -0.4 is 9.64 Å². The van der Waals surface area contributed by atoms with Gasteiger partial charge in [0.05, 0.1) is 18.5 Å². The highest BCUT2D eigenvalue weighted by Crippen LogP contribution is 2.51. The summed E-state index contributed by atoms with van der Waals surface area (Å²) >= 11 is 0. The van der Waals surface area contributed by atoms with E-state index in [0.717, 1.165) is 39.0 Å². The van der Waals surface area contributed by atoms with Crippen LogP contribution in [-0.4, -0.2) is 35.5 Å². The molecule has 2 aliphatic rings. The molecule has 6 nitrogen and oxygen atoms in total. The van der Waals surface area contributed by atoms with Gasteiger partial charge >= 0.3 is 6.03 Å². The van der Waals surface area contributed by atoms with Crippen molar-refractivity contribution in [2.45, 2.75) is 38.1 Å². The minimum atomic E-state index is -1.14. The van der Waals surface area contributed by atoms with E-state index in [1.807, 2.05) is 73.7 Å². The number of methoxy groups -OCH3 is 1. The maximum absolute atomic E-state index is 14.1. The summed E-state index contributed by atoms with van der Waals surface area (Å²) in [4.78, 5) is 34.6. The maximum Gasteiger partial charge on any atom is 0.332 e. The number of nitrogens with zero attached hydrogens (tertiary/aromatic N) is 2. The largest absolute Gasteiger partial charge is 0.496 e. The lowest BCUT2D eigenvalue weighted by molar-refractivity contribution is -0.125. The van der Waals surface area contributed by atoms with Crippen molar-refractivity contribution in [3.8, 4) is 5.75 Å². The van der Waals surface area contributed by atoms with Crippen LogP contribution in [0.25, 0.3) is 10.9 Å². The highest BCUT2D eigenvalue weighted by atomic mass is 16.5. The molecule has 1 saturated heterocycles. The van der Waals surface area contributed by atoms with Crippen molar-refractivity contribution >= 4 is 28.5 Å². The number of imide groups is 1. The molecular formula is C30H29N3O3. The van der Waals surface area contributed by atoms with Crippen LogP contribution in [-0.2, 0) is 10.3 Å². The van der Waals surface area contributed by atoms with Crippen LogP contribution >= 0.6 is 0 Å². The van der Waals surface area contributed by atoms with Crippen LogP contribution in [0.3, 0.4) is 0 Å². The normalized spacial score (nSPS) is 21.3. The van der Waals surface area contributed by atoms with Gasteiger partial charge in [0, 0.05) is 28.9 Å². The minimum absolute atomic E-state index is 0.152. The fraction of sp³-hybridized carbons (Fsp3) is 0.267. The summed E-state index contributed by atoms with van der Waals surface area (Å²) < 4.78 is 5.72. The number of fused-ring (bicyclic) bond motifs is 5. The van der Waals surface area contributed by atoms with Crippen molar-refractivity contribution < 1.29 is 14.3 Å². The molecule has 182 valence electrons. The Hall–Kier alpha value is -4.06. The van der Waals surface area contributed by atoms with Gasteiger partial charge in [-0.05, 0) is 48.2 Å². The number of carbonyl (C=O) groups is 2. The van der Waals surface area contributed by atoms with Gasteiger partial charge in [-0.25, -0.2) is 9.69 Å². The molecule has 0 aliphatic carbocycles. The molecule has 3 amide bonds. The highest BCUT2D eigenvalue weighted by molar-refractivity contribution is 6.23. The van der Waals surface area contributed by atoms with Crippen molar-refractivity contribution in [2.75, 3.05) is 18.6 Å². The third-order valence-electron chi connectivity index (χ3n) is 7.86. The number of hydrogen-bond donors (Lipinski definition) is 1. The van der Waals surface area contributed by atoms with E-state index in [-0.39, 0.29) is 17.9 Å². The third-order valence-corrected chi connectivity index (χ3v) is 7.86. The van der Waals surface area contributed by atoms with Gasteiger partial charge < -0.3 is 14.6 Å². The Bertz CT molecular complexity index is 1500. The van der Waals surface area contributed by atoms with E-state index in [9.17, 15) is 9.59 Å². The van der Waals surface area contributed by atoms with Crippen molar-refractivity contribution in [1.29, 1.82) is 0 Å². The highest BCUT2D eigenvalue weighted by Gasteiger charge is 2.60. The predicted molar refractivity (Wildman–Crippen MR) is 141 cm³/mol. The van der Waals surface area contributed by atoms with Gasteiger partial charge in [0.15, 0.2) is 5.54 Å². The Morgan fingerprint density at radius 2 is 1.67 bits per heavy atom. The van der Waals surface area contributed by atoms with Crippen LogP contribution in [0.2, 0.25) is 0 Å². The van der Waals surface area contributed by atoms with E-state index in [4.69, 9.17) is 4.74 Å². The minimum Gasteiger partial charge on any atom is -0.496 e. The zero-order chi connectivity index (χ0) is 25.2. The zero-order valence-electron chi connectivity index (χ0n) is 20.9. The lowest BCUT2D eigenvalue weighted by atomic mass is 9.78. The summed E-state index contributed by atoms with van der Waals surface area (Å²) in [7, 11) is 1.66. The number of anilines is 1. The number of urea groups is 1. The van der Waals surface area contributed by atoms with Crippen LogP contribution in [0.1, 0.15) is 55.0 Å². The first-order valence-corrected chi connectivity index (χ1v) is 12.4. The molecule has 3 aromatic carbocycles. The first-order valence-electron chi connectivity index (χ1n) is 12.4. The van der Waals surface area contributed by atoms with Gasteiger partial charge in [-0.3, -0.25) is 4.79 Å². The molecule has 36 heavy (non-hydrogen) atoms. The molecular weight excluding hydrogens is 450 g/mol. The number of nitrogens with one attached hydrogen (secondary N) is 1. The second-order valence-electron chi connectivity index (χ2n) is 10.1. The molecule has 6 heteroatoms. The Balaban J connectivity index is 1.55. The van der Waals surface area contributed by atoms with E-state index < -0.39 is 5.54 Å². The molecule has 0 radical (unpaired) electrons. The fourth-order valence-electron chi connectivity index (χ4n) is 5.86. The summed E-state index contributed by atoms with van der Waals surface area (Å²) in [6, 6.07) is 23.4. The summed E-state index contributed by atoms with van der Waals surface area (Å²) in [6.07, 6.45) is 0. The first-order chi connectivity index (χ1) is 17.4. The van der Waals surface area contributed by atoms with Crippen LogP contribution in [0.15, 0.2) is 72.8 Å². The number of carbonyl (C=O) groups excluding carboxylic acids is 2. The van der Waals surface area contributed by atoms with E-state index in [2.05, 4.69) is 24.9 Å². The van der Waals surface area contributed by atoms with Gasteiger partial charge in [-0.1, -0.05) is 62.4 Å². The number of aromatic amines is 1. The van der Waals surface area contributed by atoms with E-state index in [1.54, 1.807) is 12.0 Å². The molecule has 1 N–H and O–H groups in total. The number of ether oxygens (including phenoxy) is 1. The average molecular weight is 480 g/mol. The quantitative estimate of drug-likeness (QED) is 0.358. The second kappa shape index (κ2) is 7.98. The monoisotopic (exact) mass is 479 g/mol. The number of amides is 3. The fourth-order valence-corrected chi connectivity index (χ4v) is 5.86. The smallest absolute Gasteiger partial charge is 0.332 e. The molecule has 4 aromatic rings. The lowest BCUT2D eigenvalue weighted by Gasteiger charge is -2.40.